The van der Waals surface area contributed by atoms with E-state index in [-0.39, 0.29) is 11.3 Å². The Labute approximate surface area is 125 Å². The Hall–Kier alpha value is -0.570. The molecule has 1 fully saturated rings. The molecular weight excluding hydrogens is 248 g/mol. The van der Waals surface area contributed by atoms with Gasteiger partial charge >= 0.3 is 0 Å². The van der Waals surface area contributed by atoms with Crippen LogP contribution < -0.4 is 5.32 Å². The van der Waals surface area contributed by atoms with Crippen molar-refractivity contribution in [3.05, 3.63) is 0 Å². The Bertz CT molecular complexity index is 290. The van der Waals surface area contributed by atoms with E-state index >= 15 is 0 Å². The Kier molecular flexibility index (Phi) is 7.01. The second-order valence-electron chi connectivity index (χ2n) is 7.59. The first-order chi connectivity index (χ1) is 9.30. The van der Waals surface area contributed by atoms with Crippen LogP contribution in [0, 0.1) is 11.3 Å². The molecule has 0 heterocycles. The molecule has 0 saturated heterocycles. The van der Waals surface area contributed by atoms with E-state index in [2.05, 4.69) is 45.0 Å². The van der Waals surface area contributed by atoms with Gasteiger partial charge in [0.15, 0.2) is 0 Å². The van der Waals surface area contributed by atoms with Gasteiger partial charge < -0.3 is 10.2 Å². The Morgan fingerprint density at radius 2 is 1.85 bits per heavy atom. The zero-order valence-electron chi connectivity index (χ0n) is 14.2. The van der Waals surface area contributed by atoms with E-state index in [1.165, 1.54) is 32.1 Å². The van der Waals surface area contributed by atoms with Gasteiger partial charge in [-0.1, -0.05) is 47.0 Å². The van der Waals surface area contributed by atoms with Gasteiger partial charge in [-0.05, 0) is 31.2 Å². The lowest BCUT2D eigenvalue weighted by Gasteiger charge is -2.31. The first kappa shape index (κ1) is 17.5. The van der Waals surface area contributed by atoms with Crippen LogP contribution in [0.4, 0.5) is 0 Å². The lowest BCUT2D eigenvalue weighted by Crippen LogP contribution is -2.40. The molecule has 1 saturated carbocycles. The third kappa shape index (κ3) is 6.25. The smallest absolute Gasteiger partial charge is 0.220 e. The average Bonchev–Trinajstić information content (AvgIpc) is 2.38. The number of hydrogen-bond acceptors (Lipinski definition) is 2. The second kappa shape index (κ2) is 8.02. The van der Waals surface area contributed by atoms with Crippen molar-refractivity contribution in [1.29, 1.82) is 0 Å². The first-order valence-electron chi connectivity index (χ1n) is 8.27. The van der Waals surface area contributed by atoms with Gasteiger partial charge in [0.2, 0.25) is 5.91 Å². The summed E-state index contributed by atoms with van der Waals surface area (Å²) in [6.45, 7) is 10.5. The molecule has 0 aliphatic heterocycles. The van der Waals surface area contributed by atoms with Crippen molar-refractivity contribution in [2.24, 2.45) is 11.3 Å². The molecule has 3 nitrogen and oxygen atoms in total. The zero-order valence-corrected chi connectivity index (χ0v) is 14.2. The molecule has 3 heteroatoms. The highest BCUT2D eigenvalue weighted by molar-refractivity contribution is 5.76. The molecule has 1 amide bonds. The van der Waals surface area contributed by atoms with Crippen LogP contribution >= 0.6 is 0 Å². The lowest BCUT2D eigenvalue weighted by molar-refractivity contribution is -0.122. The minimum atomic E-state index is 0.199. The number of amides is 1. The van der Waals surface area contributed by atoms with E-state index in [0.29, 0.717) is 12.3 Å². The van der Waals surface area contributed by atoms with Gasteiger partial charge in [0.1, 0.15) is 0 Å². The highest BCUT2D eigenvalue weighted by Crippen LogP contribution is 2.27. The maximum Gasteiger partial charge on any atom is 0.220 e. The van der Waals surface area contributed by atoms with Crippen molar-refractivity contribution in [2.45, 2.75) is 72.3 Å². The van der Waals surface area contributed by atoms with E-state index in [1.807, 2.05) is 0 Å². The van der Waals surface area contributed by atoms with Crippen LogP contribution in [-0.2, 0) is 4.79 Å². The number of hydrogen-bond donors (Lipinski definition) is 1. The normalized spacial score (nSPS) is 19.1. The Morgan fingerprint density at radius 3 is 2.40 bits per heavy atom. The van der Waals surface area contributed by atoms with Crippen molar-refractivity contribution >= 4 is 5.91 Å². The van der Waals surface area contributed by atoms with Crippen molar-refractivity contribution in [3.8, 4) is 0 Å². The number of carbonyl (C=O) groups excluding carboxylic acids is 1. The summed E-state index contributed by atoms with van der Waals surface area (Å²) in [6, 6.07) is 0.731. The van der Waals surface area contributed by atoms with E-state index in [4.69, 9.17) is 0 Å². The highest BCUT2D eigenvalue weighted by atomic mass is 16.1. The summed E-state index contributed by atoms with van der Waals surface area (Å²) in [5.41, 5.74) is 0.205. The zero-order chi connectivity index (χ0) is 15.2. The summed E-state index contributed by atoms with van der Waals surface area (Å²) < 4.78 is 0. The van der Waals surface area contributed by atoms with Gasteiger partial charge in [0.05, 0.1) is 0 Å². The van der Waals surface area contributed by atoms with E-state index in [1.54, 1.807) is 0 Å². The van der Waals surface area contributed by atoms with Crippen LogP contribution in [0.3, 0.4) is 0 Å². The van der Waals surface area contributed by atoms with Crippen molar-refractivity contribution in [1.82, 2.24) is 10.2 Å². The molecule has 1 unspecified atom stereocenters. The van der Waals surface area contributed by atoms with Gasteiger partial charge in [-0.25, -0.2) is 0 Å². The molecule has 1 aliphatic carbocycles. The molecule has 0 aromatic rings. The number of likely N-dealkylation sites (N-methyl/N-ethyl adjacent to an activating group) is 1. The van der Waals surface area contributed by atoms with Gasteiger partial charge in [-0.3, -0.25) is 4.79 Å². The molecule has 0 spiro atoms. The van der Waals surface area contributed by atoms with Gasteiger partial charge in [-0.15, -0.1) is 0 Å². The maximum atomic E-state index is 11.9. The number of rotatable bonds is 6. The van der Waals surface area contributed by atoms with Crippen molar-refractivity contribution < 1.29 is 4.79 Å². The molecule has 0 bridgehead atoms. The molecule has 0 radical (unpaired) electrons. The summed E-state index contributed by atoms with van der Waals surface area (Å²) in [6.07, 6.45) is 7.41. The molecule has 0 aromatic carbocycles. The molecule has 1 N–H and O–H groups in total. The summed E-state index contributed by atoms with van der Waals surface area (Å²) in [5.74, 6) is 0.614. The second-order valence-corrected chi connectivity index (χ2v) is 7.59. The SMILES string of the molecule is CC(CC(=O)NCCN(C)C1CCCCC1)C(C)(C)C. The molecule has 1 rings (SSSR count). The number of nitrogens with zero attached hydrogens (tertiary/aromatic N) is 1. The van der Waals surface area contributed by atoms with Gasteiger partial charge in [-0.2, -0.15) is 0 Å². The quantitative estimate of drug-likeness (QED) is 0.809. The monoisotopic (exact) mass is 282 g/mol. The number of nitrogens with one attached hydrogen (secondary N) is 1. The summed E-state index contributed by atoms with van der Waals surface area (Å²) in [7, 11) is 2.19. The third-order valence-corrected chi connectivity index (χ3v) is 4.95. The van der Waals surface area contributed by atoms with Crippen LogP contribution in [0.5, 0.6) is 0 Å². The topological polar surface area (TPSA) is 32.3 Å². The Balaban J connectivity index is 2.18. The molecule has 0 aromatic heterocycles. The van der Waals surface area contributed by atoms with Crippen LogP contribution in [0.25, 0.3) is 0 Å². The van der Waals surface area contributed by atoms with Crippen molar-refractivity contribution in [2.75, 3.05) is 20.1 Å². The predicted molar refractivity (Wildman–Crippen MR) is 85.7 cm³/mol. The average molecular weight is 282 g/mol. The Morgan fingerprint density at radius 1 is 1.25 bits per heavy atom. The maximum absolute atomic E-state index is 11.9. The predicted octanol–water partition coefficient (Wildman–Crippen LogP) is 3.44. The van der Waals surface area contributed by atoms with E-state index < -0.39 is 0 Å². The molecule has 118 valence electrons. The van der Waals surface area contributed by atoms with Crippen molar-refractivity contribution in [3.63, 3.8) is 0 Å². The lowest BCUT2D eigenvalue weighted by atomic mass is 9.80. The van der Waals surface area contributed by atoms with Crippen LogP contribution in [0.2, 0.25) is 0 Å². The summed E-state index contributed by atoms with van der Waals surface area (Å²) >= 11 is 0. The minimum Gasteiger partial charge on any atom is -0.355 e. The summed E-state index contributed by atoms with van der Waals surface area (Å²) in [5, 5.41) is 3.08. The minimum absolute atomic E-state index is 0.199. The first-order valence-corrected chi connectivity index (χ1v) is 8.27. The standard InChI is InChI=1S/C17H34N2O/c1-14(17(2,3)4)13-16(20)18-11-12-19(5)15-9-7-6-8-10-15/h14-15H,6-13H2,1-5H3,(H,18,20). The van der Waals surface area contributed by atoms with Crippen LogP contribution in [-0.4, -0.2) is 37.0 Å². The summed E-state index contributed by atoms with van der Waals surface area (Å²) in [4.78, 5) is 14.4. The fraction of sp³-hybridized carbons (Fsp3) is 0.941. The fourth-order valence-electron chi connectivity index (χ4n) is 2.73. The fourth-order valence-corrected chi connectivity index (χ4v) is 2.73. The molecule has 1 aliphatic rings. The van der Waals surface area contributed by atoms with Crippen LogP contribution in [0.1, 0.15) is 66.2 Å². The molecule has 20 heavy (non-hydrogen) atoms. The third-order valence-electron chi connectivity index (χ3n) is 4.95. The van der Waals surface area contributed by atoms with E-state index in [0.717, 1.165) is 19.1 Å². The van der Waals surface area contributed by atoms with Gasteiger partial charge in [0.25, 0.3) is 0 Å². The van der Waals surface area contributed by atoms with E-state index in [9.17, 15) is 4.79 Å². The number of carbonyl (C=O) groups is 1. The highest BCUT2D eigenvalue weighted by Gasteiger charge is 2.22. The van der Waals surface area contributed by atoms with Crippen LogP contribution in [0.15, 0.2) is 0 Å². The molecule has 1 atom stereocenters. The largest absolute Gasteiger partial charge is 0.355 e. The molecular formula is C17H34N2O. The van der Waals surface area contributed by atoms with Gasteiger partial charge in [0, 0.05) is 25.6 Å².